The first-order valence-electron chi connectivity index (χ1n) is 9.16. The molecule has 0 heterocycles. The number of benzene rings is 1. The SMILES string of the molecule is CC/C(=C\c1ccccc1)[C@@H]1C[C@H]1N[C@H]1CC[C@H](NC(=O)O)CC1. The Hall–Kier alpha value is -1.81. The van der Waals surface area contributed by atoms with Gasteiger partial charge in [-0.1, -0.05) is 48.9 Å². The molecule has 3 N–H and O–H groups in total. The van der Waals surface area contributed by atoms with E-state index in [0.717, 1.165) is 32.1 Å². The van der Waals surface area contributed by atoms with Crippen molar-refractivity contribution in [1.82, 2.24) is 10.6 Å². The number of rotatable bonds is 6. The van der Waals surface area contributed by atoms with E-state index in [1.54, 1.807) is 5.57 Å². The Balaban J connectivity index is 1.47. The van der Waals surface area contributed by atoms with Crippen LogP contribution < -0.4 is 10.6 Å². The Morgan fingerprint density at radius 1 is 1.17 bits per heavy atom. The third kappa shape index (κ3) is 4.60. The molecule has 130 valence electrons. The highest BCUT2D eigenvalue weighted by Crippen LogP contribution is 2.40. The minimum atomic E-state index is -0.896. The molecule has 2 fully saturated rings. The van der Waals surface area contributed by atoms with Crippen LogP contribution in [0, 0.1) is 5.92 Å². The van der Waals surface area contributed by atoms with Crippen molar-refractivity contribution in [2.24, 2.45) is 5.92 Å². The van der Waals surface area contributed by atoms with Crippen molar-refractivity contribution in [2.45, 2.75) is 63.6 Å². The van der Waals surface area contributed by atoms with Gasteiger partial charge in [0.2, 0.25) is 0 Å². The van der Waals surface area contributed by atoms with E-state index < -0.39 is 6.09 Å². The van der Waals surface area contributed by atoms with Gasteiger partial charge in [-0.25, -0.2) is 4.79 Å². The zero-order chi connectivity index (χ0) is 16.9. The summed E-state index contributed by atoms with van der Waals surface area (Å²) in [4.78, 5) is 10.7. The van der Waals surface area contributed by atoms with Crippen LogP contribution in [0.3, 0.4) is 0 Å². The fourth-order valence-corrected chi connectivity index (χ4v) is 3.91. The first kappa shape index (κ1) is 17.0. The smallest absolute Gasteiger partial charge is 0.404 e. The van der Waals surface area contributed by atoms with Crippen LogP contribution in [-0.4, -0.2) is 29.3 Å². The van der Waals surface area contributed by atoms with Crippen molar-refractivity contribution in [1.29, 1.82) is 0 Å². The van der Waals surface area contributed by atoms with Crippen LogP contribution in [0.5, 0.6) is 0 Å². The summed E-state index contributed by atoms with van der Waals surface area (Å²) in [6.45, 7) is 2.24. The lowest BCUT2D eigenvalue weighted by Gasteiger charge is -2.29. The molecule has 3 rings (SSSR count). The standard InChI is InChI=1S/C20H28N2O2/c1-2-15(12-14-6-4-3-5-7-14)18-13-19(18)21-16-8-10-17(11-9-16)22-20(23)24/h3-7,12,16-19,21-22H,2,8-11,13H2,1H3,(H,23,24)/b15-12+/t16-,17-,18-,19+/m0/s1. The van der Waals surface area contributed by atoms with Crippen LogP contribution in [0.2, 0.25) is 0 Å². The van der Waals surface area contributed by atoms with Crippen LogP contribution >= 0.6 is 0 Å². The molecule has 1 amide bonds. The van der Waals surface area contributed by atoms with Gasteiger partial charge >= 0.3 is 6.09 Å². The van der Waals surface area contributed by atoms with Crippen LogP contribution in [0.15, 0.2) is 35.9 Å². The molecule has 0 unspecified atom stereocenters. The summed E-state index contributed by atoms with van der Waals surface area (Å²) in [6.07, 6.45) is 7.82. The molecule has 2 atom stereocenters. The molecule has 2 aliphatic carbocycles. The van der Waals surface area contributed by atoms with Crippen molar-refractivity contribution in [3.63, 3.8) is 0 Å². The van der Waals surface area contributed by atoms with Gasteiger partial charge < -0.3 is 15.7 Å². The van der Waals surface area contributed by atoms with Crippen LogP contribution in [-0.2, 0) is 0 Å². The number of carbonyl (C=O) groups is 1. The maximum absolute atomic E-state index is 10.7. The van der Waals surface area contributed by atoms with Crippen LogP contribution in [0.4, 0.5) is 4.79 Å². The lowest BCUT2D eigenvalue weighted by atomic mass is 9.91. The van der Waals surface area contributed by atoms with E-state index in [1.807, 2.05) is 0 Å². The van der Waals surface area contributed by atoms with Crippen molar-refractivity contribution >= 4 is 12.2 Å². The lowest BCUT2D eigenvalue weighted by molar-refractivity contribution is 0.183. The fourth-order valence-electron chi connectivity index (χ4n) is 3.91. The Morgan fingerprint density at radius 2 is 1.83 bits per heavy atom. The zero-order valence-corrected chi connectivity index (χ0v) is 14.4. The molecule has 0 bridgehead atoms. The van der Waals surface area contributed by atoms with Gasteiger partial charge in [-0.15, -0.1) is 0 Å². The molecular formula is C20H28N2O2. The highest BCUT2D eigenvalue weighted by molar-refractivity contribution is 5.64. The lowest BCUT2D eigenvalue weighted by Crippen LogP contribution is -2.42. The predicted octanol–water partition coefficient (Wildman–Crippen LogP) is 4.04. The van der Waals surface area contributed by atoms with E-state index >= 15 is 0 Å². The van der Waals surface area contributed by atoms with Gasteiger partial charge in [-0.05, 0) is 50.0 Å². The predicted molar refractivity (Wildman–Crippen MR) is 96.9 cm³/mol. The largest absolute Gasteiger partial charge is 0.465 e. The second kappa shape index (κ2) is 7.84. The third-order valence-electron chi connectivity index (χ3n) is 5.33. The summed E-state index contributed by atoms with van der Waals surface area (Å²) in [7, 11) is 0. The Kier molecular flexibility index (Phi) is 5.56. The maximum Gasteiger partial charge on any atom is 0.404 e. The topological polar surface area (TPSA) is 61.4 Å². The molecule has 1 aromatic rings. The summed E-state index contributed by atoms with van der Waals surface area (Å²) in [6, 6.07) is 11.8. The number of hydrogen-bond donors (Lipinski definition) is 3. The summed E-state index contributed by atoms with van der Waals surface area (Å²) >= 11 is 0. The molecule has 2 aliphatic rings. The number of hydrogen-bond acceptors (Lipinski definition) is 2. The van der Waals surface area contributed by atoms with E-state index in [0.29, 0.717) is 18.0 Å². The van der Waals surface area contributed by atoms with Crippen molar-refractivity contribution in [3.05, 3.63) is 41.5 Å². The molecule has 0 saturated heterocycles. The van der Waals surface area contributed by atoms with E-state index in [2.05, 4.69) is 54.0 Å². The fraction of sp³-hybridized carbons (Fsp3) is 0.550. The summed E-state index contributed by atoms with van der Waals surface area (Å²) < 4.78 is 0. The van der Waals surface area contributed by atoms with Gasteiger partial charge in [0.05, 0.1) is 0 Å². The second-order valence-electron chi connectivity index (χ2n) is 7.10. The normalized spacial score (nSPS) is 30.0. The average Bonchev–Trinajstić information content (AvgIpc) is 3.34. The summed E-state index contributed by atoms with van der Waals surface area (Å²) in [5.41, 5.74) is 2.83. The molecule has 0 radical (unpaired) electrons. The summed E-state index contributed by atoms with van der Waals surface area (Å²) in [5.74, 6) is 0.671. The molecule has 4 nitrogen and oxygen atoms in total. The van der Waals surface area contributed by atoms with Crippen molar-refractivity contribution in [2.75, 3.05) is 0 Å². The van der Waals surface area contributed by atoms with Gasteiger partial charge in [0.15, 0.2) is 0 Å². The quantitative estimate of drug-likeness (QED) is 0.738. The van der Waals surface area contributed by atoms with Gasteiger partial charge in [0.25, 0.3) is 0 Å². The molecule has 4 heteroatoms. The molecule has 24 heavy (non-hydrogen) atoms. The molecule has 1 aromatic carbocycles. The first-order chi connectivity index (χ1) is 11.7. The van der Waals surface area contributed by atoms with Gasteiger partial charge in [-0.2, -0.15) is 0 Å². The molecular weight excluding hydrogens is 300 g/mol. The Bertz CT molecular complexity index is 577. The minimum Gasteiger partial charge on any atom is -0.465 e. The van der Waals surface area contributed by atoms with Crippen LogP contribution in [0.25, 0.3) is 6.08 Å². The Morgan fingerprint density at radius 3 is 2.46 bits per heavy atom. The van der Waals surface area contributed by atoms with E-state index in [4.69, 9.17) is 5.11 Å². The van der Waals surface area contributed by atoms with E-state index in [1.165, 1.54) is 12.0 Å². The summed E-state index contributed by atoms with van der Waals surface area (Å²) in [5, 5.41) is 15.2. The van der Waals surface area contributed by atoms with Crippen molar-refractivity contribution in [3.8, 4) is 0 Å². The molecule has 2 saturated carbocycles. The van der Waals surface area contributed by atoms with Crippen molar-refractivity contribution < 1.29 is 9.90 Å². The maximum atomic E-state index is 10.7. The number of amides is 1. The third-order valence-corrected chi connectivity index (χ3v) is 5.33. The first-order valence-corrected chi connectivity index (χ1v) is 9.16. The monoisotopic (exact) mass is 328 g/mol. The van der Waals surface area contributed by atoms with Gasteiger partial charge in [0, 0.05) is 18.1 Å². The molecule has 0 aromatic heterocycles. The molecule has 0 spiro atoms. The van der Waals surface area contributed by atoms with E-state index in [9.17, 15) is 4.79 Å². The van der Waals surface area contributed by atoms with E-state index in [-0.39, 0.29) is 6.04 Å². The molecule has 0 aliphatic heterocycles. The number of carboxylic acid groups (broad SMARTS) is 1. The second-order valence-corrected chi connectivity index (χ2v) is 7.10. The minimum absolute atomic E-state index is 0.139. The highest BCUT2D eigenvalue weighted by Gasteiger charge is 2.40. The zero-order valence-electron chi connectivity index (χ0n) is 14.4. The van der Waals surface area contributed by atoms with Crippen LogP contribution in [0.1, 0.15) is 51.0 Å². The average molecular weight is 328 g/mol. The number of nitrogens with one attached hydrogen (secondary N) is 2. The van der Waals surface area contributed by atoms with Gasteiger partial charge in [0.1, 0.15) is 0 Å². The Labute approximate surface area is 144 Å². The highest BCUT2D eigenvalue weighted by atomic mass is 16.4. The van der Waals surface area contributed by atoms with Gasteiger partial charge in [-0.3, -0.25) is 0 Å².